The van der Waals surface area contributed by atoms with Gasteiger partial charge < -0.3 is 10.1 Å². The Morgan fingerprint density at radius 1 is 1.03 bits per heavy atom. The van der Waals surface area contributed by atoms with Gasteiger partial charge in [-0.3, -0.25) is 25.0 Å². The molecule has 0 aromatic heterocycles. The van der Waals surface area contributed by atoms with Crippen LogP contribution in [0, 0.1) is 27.2 Å². The lowest BCUT2D eigenvalue weighted by molar-refractivity contribution is -0.395. The molecule has 0 atom stereocenters. The van der Waals surface area contributed by atoms with Crippen LogP contribution in [-0.2, 0) is 16.0 Å². The summed E-state index contributed by atoms with van der Waals surface area (Å²) in [4.78, 5) is 44.7. The number of anilines is 1. The Morgan fingerprint density at radius 3 is 2.10 bits per heavy atom. The third-order valence-electron chi connectivity index (χ3n) is 4.37. The number of unbranched alkanes of at least 4 members (excludes halogenated alkanes) is 1. The maximum atomic E-state index is 12.2. The number of hydrogen-bond acceptors (Lipinski definition) is 7. The van der Waals surface area contributed by atoms with E-state index in [9.17, 15) is 29.8 Å². The number of hydrogen-bond donors (Lipinski definition) is 1. The summed E-state index contributed by atoms with van der Waals surface area (Å²) >= 11 is 0. The number of benzene rings is 2. The predicted molar refractivity (Wildman–Crippen MR) is 108 cm³/mol. The Labute approximate surface area is 172 Å². The maximum Gasteiger partial charge on any atom is 0.339 e. The Bertz CT molecular complexity index is 936. The second kappa shape index (κ2) is 10.1. The lowest BCUT2D eigenvalue weighted by Crippen LogP contribution is -2.21. The molecule has 10 heteroatoms. The van der Waals surface area contributed by atoms with E-state index in [2.05, 4.69) is 12.2 Å². The summed E-state index contributed by atoms with van der Waals surface area (Å²) in [5.41, 5.74) is -0.0528. The Morgan fingerprint density at radius 2 is 1.60 bits per heavy atom. The topological polar surface area (TPSA) is 142 Å². The molecule has 0 bridgehead atoms. The van der Waals surface area contributed by atoms with Crippen LogP contribution >= 0.6 is 0 Å². The number of carbonyl (C=O) groups is 2. The van der Waals surface area contributed by atoms with Crippen LogP contribution in [0.15, 0.2) is 36.4 Å². The van der Waals surface area contributed by atoms with E-state index in [0.717, 1.165) is 37.0 Å². The molecule has 2 aromatic carbocycles. The van der Waals surface area contributed by atoms with Crippen LogP contribution in [0.3, 0.4) is 0 Å². The molecule has 0 aliphatic rings. The number of carbonyl (C=O) groups excluding carboxylic acids is 2. The molecule has 1 N–H and O–H groups in total. The predicted octanol–water partition coefficient (Wildman–Crippen LogP) is 3.95. The fourth-order valence-corrected chi connectivity index (χ4v) is 2.73. The van der Waals surface area contributed by atoms with E-state index >= 15 is 0 Å². The number of nitro benzene ring substituents is 2. The van der Waals surface area contributed by atoms with Crippen LogP contribution < -0.4 is 5.32 Å². The number of nitro groups is 2. The zero-order chi connectivity index (χ0) is 22.3. The highest BCUT2D eigenvalue weighted by Crippen LogP contribution is 2.29. The van der Waals surface area contributed by atoms with Gasteiger partial charge in [0.25, 0.3) is 17.3 Å². The summed E-state index contributed by atoms with van der Waals surface area (Å²) in [5, 5.41) is 24.7. The van der Waals surface area contributed by atoms with Crippen LogP contribution in [0.2, 0.25) is 0 Å². The summed E-state index contributed by atoms with van der Waals surface area (Å²) in [5.74, 6) is -1.69. The van der Waals surface area contributed by atoms with Crippen molar-refractivity contribution in [2.24, 2.45) is 0 Å². The van der Waals surface area contributed by atoms with E-state index in [0.29, 0.717) is 5.69 Å². The highest BCUT2D eigenvalue weighted by Gasteiger charge is 2.26. The van der Waals surface area contributed by atoms with E-state index in [1.54, 1.807) is 12.1 Å². The van der Waals surface area contributed by atoms with Gasteiger partial charge in [0.1, 0.15) is 5.56 Å². The van der Waals surface area contributed by atoms with Crippen LogP contribution in [0.5, 0.6) is 0 Å². The van der Waals surface area contributed by atoms with Gasteiger partial charge in [0, 0.05) is 17.8 Å². The molecule has 0 spiro atoms. The average molecular weight is 415 g/mol. The first-order valence-corrected chi connectivity index (χ1v) is 9.22. The number of nitrogens with zero attached hydrogens (tertiary/aromatic N) is 2. The van der Waals surface area contributed by atoms with E-state index < -0.39 is 39.7 Å². The molecule has 0 aliphatic heterocycles. The van der Waals surface area contributed by atoms with E-state index in [4.69, 9.17) is 4.74 Å². The van der Waals surface area contributed by atoms with Crippen molar-refractivity contribution in [1.82, 2.24) is 0 Å². The number of amides is 1. The summed E-state index contributed by atoms with van der Waals surface area (Å²) < 4.78 is 4.85. The molecule has 0 saturated heterocycles. The molecule has 0 aliphatic carbocycles. The first kappa shape index (κ1) is 22.5. The van der Waals surface area contributed by atoms with E-state index in [-0.39, 0.29) is 11.1 Å². The van der Waals surface area contributed by atoms with Crippen LogP contribution in [0.1, 0.15) is 41.3 Å². The molecule has 1 amide bonds. The third-order valence-corrected chi connectivity index (χ3v) is 4.37. The second-order valence-electron chi connectivity index (χ2n) is 6.58. The standard InChI is InChI=1S/C20H21N3O7/c1-3-4-5-14-6-8-16(9-7-14)21-19(24)12-30-20(25)15-10-17(22(26)27)13(2)18(11-15)23(28)29/h6-11H,3-5,12H2,1-2H3,(H,21,24). The average Bonchev–Trinajstić information content (AvgIpc) is 2.71. The van der Waals surface area contributed by atoms with Crippen LogP contribution in [-0.4, -0.2) is 28.3 Å². The van der Waals surface area contributed by atoms with Crippen molar-refractivity contribution in [3.05, 3.63) is 73.3 Å². The molecule has 0 fully saturated rings. The minimum atomic E-state index is -1.08. The van der Waals surface area contributed by atoms with Gasteiger partial charge in [-0.15, -0.1) is 0 Å². The quantitative estimate of drug-likeness (QED) is 0.371. The lowest BCUT2D eigenvalue weighted by atomic mass is 10.1. The maximum absolute atomic E-state index is 12.2. The molecule has 2 rings (SSSR count). The smallest absolute Gasteiger partial charge is 0.339 e. The SMILES string of the molecule is CCCCc1ccc(NC(=O)COC(=O)c2cc([N+](=O)[O-])c(C)c([N+](=O)[O-])c2)cc1. The van der Waals surface area contributed by atoms with Gasteiger partial charge in [-0.1, -0.05) is 25.5 Å². The number of esters is 1. The lowest BCUT2D eigenvalue weighted by Gasteiger charge is -2.08. The first-order valence-electron chi connectivity index (χ1n) is 9.22. The molecule has 158 valence electrons. The fourth-order valence-electron chi connectivity index (χ4n) is 2.73. The van der Waals surface area contributed by atoms with Crippen LogP contribution in [0.4, 0.5) is 17.1 Å². The summed E-state index contributed by atoms with van der Waals surface area (Å²) in [6.45, 7) is 2.67. The minimum absolute atomic E-state index is 0.179. The molecule has 2 aromatic rings. The second-order valence-corrected chi connectivity index (χ2v) is 6.58. The van der Waals surface area contributed by atoms with Gasteiger partial charge in [-0.25, -0.2) is 4.79 Å². The Balaban J connectivity index is 2.02. The Hall–Kier alpha value is -3.82. The van der Waals surface area contributed by atoms with Crippen molar-refractivity contribution >= 4 is 28.9 Å². The summed E-state index contributed by atoms with van der Waals surface area (Å²) in [7, 11) is 0. The monoisotopic (exact) mass is 415 g/mol. The van der Waals surface area contributed by atoms with Crippen molar-refractivity contribution in [3.8, 4) is 0 Å². The molecule has 0 saturated carbocycles. The minimum Gasteiger partial charge on any atom is -0.452 e. The van der Waals surface area contributed by atoms with E-state index in [1.807, 2.05) is 12.1 Å². The van der Waals surface area contributed by atoms with Gasteiger partial charge in [-0.05, 0) is 37.5 Å². The Kier molecular flexibility index (Phi) is 7.56. The summed E-state index contributed by atoms with van der Waals surface area (Å²) in [6.07, 6.45) is 3.09. The third kappa shape index (κ3) is 5.84. The van der Waals surface area contributed by atoms with Gasteiger partial charge >= 0.3 is 5.97 Å². The molecule has 10 nitrogen and oxygen atoms in total. The summed E-state index contributed by atoms with van der Waals surface area (Å²) in [6, 6.07) is 9.02. The van der Waals surface area contributed by atoms with Crippen molar-refractivity contribution in [1.29, 1.82) is 0 Å². The van der Waals surface area contributed by atoms with Crippen molar-refractivity contribution in [2.45, 2.75) is 33.1 Å². The number of aryl methyl sites for hydroxylation is 1. The number of nitrogens with one attached hydrogen (secondary N) is 1. The first-order chi connectivity index (χ1) is 14.2. The molecule has 0 heterocycles. The largest absolute Gasteiger partial charge is 0.452 e. The number of rotatable bonds is 9. The zero-order valence-electron chi connectivity index (χ0n) is 16.5. The van der Waals surface area contributed by atoms with Gasteiger partial charge in [-0.2, -0.15) is 0 Å². The van der Waals surface area contributed by atoms with Crippen molar-refractivity contribution in [2.75, 3.05) is 11.9 Å². The highest BCUT2D eigenvalue weighted by molar-refractivity contribution is 5.96. The highest BCUT2D eigenvalue weighted by atomic mass is 16.6. The molecular formula is C20H21N3O7. The zero-order valence-corrected chi connectivity index (χ0v) is 16.5. The van der Waals surface area contributed by atoms with E-state index in [1.165, 1.54) is 6.92 Å². The fraction of sp³-hybridized carbons (Fsp3) is 0.300. The van der Waals surface area contributed by atoms with Gasteiger partial charge in [0.05, 0.1) is 15.4 Å². The van der Waals surface area contributed by atoms with Crippen molar-refractivity contribution in [3.63, 3.8) is 0 Å². The molecular weight excluding hydrogens is 394 g/mol. The van der Waals surface area contributed by atoms with Crippen molar-refractivity contribution < 1.29 is 24.2 Å². The molecule has 0 radical (unpaired) electrons. The van der Waals surface area contributed by atoms with Crippen LogP contribution in [0.25, 0.3) is 0 Å². The van der Waals surface area contributed by atoms with Gasteiger partial charge in [0.15, 0.2) is 6.61 Å². The van der Waals surface area contributed by atoms with Gasteiger partial charge in [0.2, 0.25) is 0 Å². The number of ether oxygens (including phenoxy) is 1. The molecule has 30 heavy (non-hydrogen) atoms. The normalized spacial score (nSPS) is 10.3. The molecule has 0 unspecified atom stereocenters.